The monoisotopic (exact) mass is 269 g/mol. The highest BCUT2D eigenvalue weighted by molar-refractivity contribution is 7.12. The fourth-order valence-electron chi connectivity index (χ4n) is 2.03. The Morgan fingerprint density at radius 2 is 2.22 bits per heavy atom. The molecule has 4 nitrogen and oxygen atoms in total. The van der Waals surface area contributed by atoms with Crippen molar-refractivity contribution in [1.29, 1.82) is 0 Å². The van der Waals surface area contributed by atoms with E-state index < -0.39 is 0 Å². The number of nitrogens with two attached hydrogens (primary N) is 1. The van der Waals surface area contributed by atoms with Crippen molar-refractivity contribution < 1.29 is 4.79 Å². The summed E-state index contributed by atoms with van der Waals surface area (Å²) in [4.78, 5) is 16.2. The number of thiophene rings is 1. The Bertz CT molecular complexity index is 391. The number of nitrogens with zero attached hydrogens (tertiary/aromatic N) is 1. The van der Waals surface area contributed by atoms with Gasteiger partial charge in [0.05, 0.1) is 6.04 Å². The third-order valence-electron chi connectivity index (χ3n) is 3.10. The Balaban J connectivity index is 2.68. The van der Waals surface area contributed by atoms with Gasteiger partial charge in [-0.3, -0.25) is 9.69 Å². The van der Waals surface area contributed by atoms with Gasteiger partial charge in [-0.05, 0) is 26.1 Å². The summed E-state index contributed by atoms with van der Waals surface area (Å²) >= 11 is 1.77. The highest BCUT2D eigenvalue weighted by Crippen LogP contribution is 2.26. The van der Waals surface area contributed by atoms with Crippen LogP contribution in [0.25, 0.3) is 0 Å². The Morgan fingerprint density at radius 1 is 1.56 bits per heavy atom. The first kappa shape index (κ1) is 15.1. The van der Waals surface area contributed by atoms with Gasteiger partial charge in [0.2, 0.25) is 5.91 Å². The molecule has 2 atom stereocenters. The number of amides is 1. The van der Waals surface area contributed by atoms with Crippen LogP contribution < -0.4 is 11.1 Å². The Morgan fingerprint density at radius 3 is 2.67 bits per heavy atom. The van der Waals surface area contributed by atoms with Crippen molar-refractivity contribution in [2.75, 3.05) is 27.2 Å². The number of nitrogens with one attached hydrogen (secondary N) is 1. The van der Waals surface area contributed by atoms with Gasteiger partial charge < -0.3 is 11.1 Å². The zero-order valence-electron chi connectivity index (χ0n) is 11.6. The van der Waals surface area contributed by atoms with E-state index in [0.29, 0.717) is 13.1 Å². The number of aryl methyl sites for hydroxylation is 1. The van der Waals surface area contributed by atoms with Crippen molar-refractivity contribution in [1.82, 2.24) is 10.2 Å². The first-order chi connectivity index (χ1) is 8.49. The molecule has 1 amide bonds. The Kier molecular flexibility index (Phi) is 5.78. The smallest absolute Gasteiger partial charge is 0.223 e. The number of hydrogen-bond acceptors (Lipinski definition) is 4. The molecule has 0 fully saturated rings. The maximum absolute atomic E-state index is 11.5. The predicted octanol–water partition coefficient (Wildman–Crippen LogP) is 1.37. The van der Waals surface area contributed by atoms with Gasteiger partial charge in [-0.1, -0.05) is 6.92 Å². The molecular formula is C13H23N3OS. The highest BCUT2D eigenvalue weighted by Gasteiger charge is 2.21. The summed E-state index contributed by atoms with van der Waals surface area (Å²) < 4.78 is 0. The molecule has 0 radical (unpaired) electrons. The van der Waals surface area contributed by atoms with E-state index in [1.165, 1.54) is 9.75 Å². The lowest BCUT2D eigenvalue weighted by molar-refractivity contribution is -0.124. The molecule has 0 aliphatic heterocycles. The molecular weight excluding hydrogens is 246 g/mol. The quantitative estimate of drug-likeness (QED) is 0.820. The molecule has 1 aromatic rings. The van der Waals surface area contributed by atoms with Gasteiger partial charge in [0.25, 0.3) is 0 Å². The predicted molar refractivity (Wildman–Crippen MR) is 76.7 cm³/mol. The maximum atomic E-state index is 11.5. The van der Waals surface area contributed by atoms with Gasteiger partial charge in [-0.25, -0.2) is 0 Å². The number of carbonyl (C=O) groups excluding carboxylic acids is 1. The van der Waals surface area contributed by atoms with E-state index >= 15 is 0 Å². The standard InChI is InChI=1S/C13H23N3OS/c1-9(13(17)15-3)8-16(4)11(7-14)12-6-5-10(2)18-12/h5-6,9,11H,7-8,14H2,1-4H3,(H,15,17). The summed E-state index contributed by atoms with van der Waals surface area (Å²) in [5, 5.41) is 2.68. The molecule has 102 valence electrons. The van der Waals surface area contributed by atoms with Crippen molar-refractivity contribution in [3.63, 3.8) is 0 Å². The second-order valence-corrected chi connectivity index (χ2v) is 5.97. The molecule has 0 spiro atoms. The third kappa shape index (κ3) is 3.80. The van der Waals surface area contributed by atoms with Crippen LogP contribution in [0.3, 0.4) is 0 Å². The van der Waals surface area contributed by atoms with Crippen LogP contribution in [0.4, 0.5) is 0 Å². The zero-order valence-corrected chi connectivity index (χ0v) is 12.4. The maximum Gasteiger partial charge on any atom is 0.223 e. The molecule has 0 aromatic carbocycles. The van der Waals surface area contributed by atoms with Crippen LogP contribution in [0, 0.1) is 12.8 Å². The third-order valence-corrected chi connectivity index (χ3v) is 4.20. The largest absolute Gasteiger partial charge is 0.359 e. The second-order valence-electron chi connectivity index (χ2n) is 4.65. The summed E-state index contributed by atoms with van der Waals surface area (Å²) in [6.07, 6.45) is 0. The molecule has 0 aliphatic rings. The van der Waals surface area contributed by atoms with Crippen molar-refractivity contribution in [3.05, 3.63) is 21.9 Å². The van der Waals surface area contributed by atoms with Crippen molar-refractivity contribution in [3.8, 4) is 0 Å². The van der Waals surface area contributed by atoms with Crippen molar-refractivity contribution >= 4 is 17.2 Å². The van der Waals surface area contributed by atoms with Gasteiger partial charge in [0.1, 0.15) is 0 Å². The van der Waals surface area contributed by atoms with Crippen LogP contribution in [0.5, 0.6) is 0 Å². The van der Waals surface area contributed by atoms with Crippen LogP contribution >= 0.6 is 11.3 Å². The first-order valence-electron chi connectivity index (χ1n) is 6.17. The second kappa shape index (κ2) is 6.87. The van der Waals surface area contributed by atoms with Crippen LogP contribution in [0.2, 0.25) is 0 Å². The van der Waals surface area contributed by atoms with Gasteiger partial charge in [0.15, 0.2) is 0 Å². The molecule has 1 heterocycles. The molecule has 2 unspecified atom stereocenters. The fourth-order valence-corrected chi connectivity index (χ4v) is 3.09. The highest BCUT2D eigenvalue weighted by atomic mass is 32.1. The van der Waals surface area contributed by atoms with E-state index in [1.54, 1.807) is 18.4 Å². The molecule has 0 bridgehead atoms. The van der Waals surface area contributed by atoms with Crippen LogP contribution in [-0.2, 0) is 4.79 Å². The zero-order chi connectivity index (χ0) is 13.7. The minimum absolute atomic E-state index is 0.0323. The van der Waals surface area contributed by atoms with E-state index in [9.17, 15) is 4.79 Å². The number of carbonyl (C=O) groups is 1. The summed E-state index contributed by atoms with van der Waals surface area (Å²) in [7, 11) is 3.69. The summed E-state index contributed by atoms with van der Waals surface area (Å²) in [6, 6.07) is 4.42. The average molecular weight is 269 g/mol. The Labute approximate surface area is 113 Å². The molecule has 1 aromatic heterocycles. The number of likely N-dealkylation sites (N-methyl/N-ethyl adjacent to an activating group) is 1. The molecule has 3 N–H and O–H groups in total. The van der Waals surface area contributed by atoms with Crippen LogP contribution in [0.15, 0.2) is 12.1 Å². The van der Waals surface area contributed by atoms with Gasteiger partial charge >= 0.3 is 0 Å². The lowest BCUT2D eigenvalue weighted by Gasteiger charge is -2.28. The van der Waals surface area contributed by atoms with E-state index in [4.69, 9.17) is 5.73 Å². The van der Waals surface area contributed by atoms with Gasteiger partial charge in [-0.15, -0.1) is 11.3 Å². The molecule has 5 heteroatoms. The topological polar surface area (TPSA) is 58.4 Å². The minimum Gasteiger partial charge on any atom is -0.359 e. The fraction of sp³-hybridized carbons (Fsp3) is 0.615. The van der Waals surface area contributed by atoms with E-state index in [1.807, 2.05) is 14.0 Å². The summed E-state index contributed by atoms with van der Waals surface area (Å²) in [5.41, 5.74) is 5.86. The van der Waals surface area contributed by atoms with Gasteiger partial charge in [-0.2, -0.15) is 0 Å². The molecule has 0 aliphatic carbocycles. The number of rotatable bonds is 6. The molecule has 1 rings (SSSR count). The lowest BCUT2D eigenvalue weighted by Crippen LogP contribution is -2.38. The van der Waals surface area contributed by atoms with Crippen LogP contribution in [-0.4, -0.2) is 38.0 Å². The van der Waals surface area contributed by atoms with Crippen molar-refractivity contribution in [2.24, 2.45) is 11.7 Å². The van der Waals surface area contributed by atoms with Crippen LogP contribution in [0.1, 0.15) is 22.7 Å². The SMILES string of the molecule is CNC(=O)C(C)CN(C)C(CN)c1ccc(C)s1. The molecule has 0 saturated carbocycles. The summed E-state index contributed by atoms with van der Waals surface area (Å²) in [6.45, 7) is 5.30. The lowest BCUT2D eigenvalue weighted by atomic mass is 10.1. The Hall–Kier alpha value is -0.910. The van der Waals surface area contributed by atoms with E-state index in [0.717, 1.165) is 0 Å². The average Bonchev–Trinajstić information content (AvgIpc) is 2.75. The minimum atomic E-state index is -0.0323. The number of hydrogen-bond donors (Lipinski definition) is 2. The van der Waals surface area contributed by atoms with E-state index in [2.05, 4.69) is 29.3 Å². The van der Waals surface area contributed by atoms with Crippen molar-refractivity contribution in [2.45, 2.75) is 19.9 Å². The molecule has 0 saturated heterocycles. The van der Waals surface area contributed by atoms with E-state index in [-0.39, 0.29) is 17.9 Å². The molecule has 18 heavy (non-hydrogen) atoms. The van der Waals surface area contributed by atoms with Gasteiger partial charge in [0, 0.05) is 35.8 Å². The first-order valence-corrected chi connectivity index (χ1v) is 6.99. The summed E-state index contributed by atoms with van der Waals surface area (Å²) in [5.74, 6) is 0.0371. The normalized spacial score (nSPS) is 14.6.